The van der Waals surface area contributed by atoms with E-state index in [2.05, 4.69) is 0 Å². The minimum Gasteiger partial charge on any atom is -0.327 e. The topological polar surface area (TPSA) is 80.5 Å². The van der Waals surface area contributed by atoms with Crippen LogP contribution in [0.4, 0.5) is 0 Å². The van der Waals surface area contributed by atoms with Gasteiger partial charge < -0.3 is 10.5 Å². The Morgan fingerprint density at radius 1 is 1.33 bits per heavy atom. The molecule has 0 bridgehead atoms. The highest BCUT2D eigenvalue weighted by Crippen LogP contribution is 2.38. The lowest BCUT2D eigenvalue weighted by molar-refractivity contribution is -0.146. The molecule has 2 atom stereocenters. The van der Waals surface area contributed by atoms with Gasteiger partial charge >= 0.3 is 0 Å². The van der Waals surface area contributed by atoms with Crippen molar-refractivity contribution in [3.8, 4) is 0 Å². The lowest BCUT2D eigenvalue weighted by Gasteiger charge is -2.40. The monoisotopic (exact) mass is 296 g/mol. The molecule has 1 aliphatic rings. The lowest BCUT2D eigenvalue weighted by atomic mass is 9.76. The molecule has 1 rings (SSSR count). The largest absolute Gasteiger partial charge is 0.327 e. The predicted octanol–water partition coefficient (Wildman–Crippen LogP) is 1.88. The third kappa shape index (κ3) is 4.13. The number of ketones is 1. The summed E-state index contributed by atoms with van der Waals surface area (Å²) >= 11 is 0. The quantitative estimate of drug-likeness (QED) is 0.759. The van der Waals surface area contributed by atoms with Gasteiger partial charge in [0.2, 0.25) is 11.8 Å². The predicted molar refractivity (Wildman–Crippen MR) is 81.4 cm³/mol. The summed E-state index contributed by atoms with van der Waals surface area (Å²) in [7, 11) is 0. The van der Waals surface area contributed by atoms with Crippen molar-refractivity contribution < 1.29 is 14.4 Å². The molecule has 0 aromatic carbocycles. The molecule has 0 radical (unpaired) electrons. The summed E-state index contributed by atoms with van der Waals surface area (Å²) < 4.78 is 0. The summed E-state index contributed by atoms with van der Waals surface area (Å²) in [5.74, 6) is -0.652. The van der Waals surface area contributed by atoms with E-state index in [0.29, 0.717) is 12.8 Å². The van der Waals surface area contributed by atoms with E-state index in [1.807, 2.05) is 27.7 Å². The van der Waals surface area contributed by atoms with Crippen LogP contribution in [0.15, 0.2) is 0 Å². The Kier molecular flexibility index (Phi) is 4.98. The number of Topliss-reactive ketones (excluding diaryl/α,β-unsaturated/α-hetero) is 1. The van der Waals surface area contributed by atoms with E-state index < -0.39 is 11.5 Å². The summed E-state index contributed by atoms with van der Waals surface area (Å²) in [6.07, 6.45) is 1.21. The Morgan fingerprint density at radius 2 is 1.86 bits per heavy atom. The third-order valence-electron chi connectivity index (χ3n) is 4.06. The Balaban J connectivity index is 2.94. The number of hydrogen-bond acceptors (Lipinski definition) is 4. The van der Waals surface area contributed by atoms with Crippen LogP contribution in [-0.4, -0.2) is 34.1 Å². The first-order chi connectivity index (χ1) is 9.37. The summed E-state index contributed by atoms with van der Waals surface area (Å²) in [6, 6.07) is -0.326. The second kappa shape index (κ2) is 5.87. The normalized spacial score (nSPS) is 21.9. The van der Waals surface area contributed by atoms with Gasteiger partial charge in [0.1, 0.15) is 5.78 Å². The van der Waals surface area contributed by atoms with Crippen molar-refractivity contribution in [2.45, 2.75) is 72.4 Å². The molecule has 5 heteroatoms. The van der Waals surface area contributed by atoms with E-state index in [1.54, 1.807) is 13.8 Å². The van der Waals surface area contributed by atoms with Gasteiger partial charge in [-0.3, -0.25) is 14.5 Å². The highest BCUT2D eigenvalue weighted by atomic mass is 16.2. The van der Waals surface area contributed by atoms with Crippen molar-refractivity contribution in [1.82, 2.24) is 4.90 Å². The molecule has 21 heavy (non-hydrogen) atoms. The van der Waals surface area contributed by atoms with Gasteiger partial charge in [-0.05, 0) is 39.5 Å². The Bertz CT molecular complexity index is 452. The van der Waals surface area contributed by atoms with Crippen LogP contribution >= 0.6 is 0 Å². The van der Waals surface area contributed by atoms with Crippen LogP contribution in [0.25, 0.3) is 0 Å². The zero-order valence-corrected chi connectivity index (χ0v) is 14.0. The Labute approximate surface area is 127 Å². The van der Waals surface area contributed by atoms with Crippen LogP contribution < -0.4 is 5.73 Å². The van der Waals surface area contributed by atoms with Crippen LogP contribution in [0.3, 0.4) is 0 Å². The minimum atomic E-state index is -0.614. The minimum absolute atomic E-state index is 0.114. The van der Waals surface area contributed by atoms with Crippen molar-refractivity contribution in [3.63, 3.8) is 0 Å². The maximum absolute atomic E-state index is 12.5. The summed E-state index contributed by atoms with van der Waals surface area (Å²) in [4.78, 5) is 37.4. The average Bonchev–Trinajstić information content (AvgIpc) is 2.50. The summed E-state index contributed by atoms with van der Waals surface area (Å²) in [5, 5.41) is 0. The van der Waals surface area contributed by atoms with Gasteiger partial charge in [-0.1, -0.05) is 13.8 Å². The number of nitrogens with zero attached hydrogens (tertiary/aromatic N) is 1. The number of carbonyl (C=O) groups is 3. The van der Waals surface area contributed by atoms with Crippen LogP contribution in [0, 0.1) is 11.3 Å². The standard InChI is InChI=1S/C16H28N2O3/c1-10(19)8-15(3,4)9-16(5,6)18-13(20)7-12(11(2)17)14(18)21/h11-12H,7-9,17H2,1-6H3. The second-order valence-electron chi connectivity index (χ2n) is 7.77. The number of carbonyl (C=O) groups excluding carboxylic acids is 3. The number of hydrogen-bond donors (Lipinski definition) is 1. The molecular formula is C16H28N2O3. The van der Waals surface area contributed by atoms with Crippen molar-refractivity contribution in [2.75, 3.05) is 0 Å². The van der Waals surface area contributed by atoms with E-state index in [-0.39, 0.29) is 35.5 Å². The molecular weight excluding hydrogens is 268 g/mol. The second-order valence-corrected chi connectivity index (χ2v) is 7.77. The zero-order chi connectivity index (χ0) is 16.6. The third-order valence-corrected chi connectivity index (χ3v) is 4.06. The number of amides is 2. The van der Waals surface area contributed by atoms with E-state index >= 15 is 0 Å². The maximum Gasteiger partial charge on any atom is 0.234 e. The van der Waals surface area contributed by atoms with E-state index in [1.165, 1.54) is 4.90 Å². The van der Waals surface area contributed by atoms with Gasteiger partial charge in [0.05, 0.1) is 5.92 Å². The number of rotatable bonds is 6. The van der Waals surface area contributed by atoms with Crippen LogP contribution in [-0.2, 0) is 14.4 Å². The van der Waals surface area contributed by atoms with Gasteiger partial charge in [0.15, 0.2) is 0 Å². The molecule has 0 aromatic heterocycles. The first-order valence-corrected chi connectivity index (χ1v) is 7.49. The molecule has 2 N–H and O–H groups in total. The molecule has 0 aliphatic carbocycles. The van der Waals surface area contributed by atoms with Gasteiger partial charge in [-0.15, -0.1) is 0 Å². The highest BCUT2D eigenvalue weighted by Gasteiger charge is 2.48. The van der Waals surface area contributed by atoms with Crippen LogP contribution in [0.1, 0.15) is 60.8 Å². The SMILES string of the molecule is CC(=O)CC(C)(C)CC(C)(C)N1C(=O)CC(C(C)N)C1=O. The van der Waals surface area contributed by atoms with Gasteiger partial charge in [-0.2, -0.15) is 0 Å². The summed E-state index contributed by atoms with van der Waals surface area (Å²) in [6.45, 7) is 11.1. The molecule has 0 aromatic rings. The van der Waals surface area contributed by atoms with Gasteiger partial charge in [0, 0.05) is 24.4 Å². The fourth-order valence-electron chi connectivity index (χ4n) is 3.69. The molecule has 2 unspecified atom stereocenters. The fraction of sp³-hybridized carbons (Fsp3) is 0.812. The first kappa shape index (κ1) is 17.8. The van der Waals surface area contributed by atoms with Crippen LogP contribution in [0.2, 0.25) is 0 Å². The van der Waals surface area contributed by atoms with Crippen molar-refractivity contribution in [1.29, 1.82) is 0 Å². The smallest absolute Gasteiger partial charge is 0.234 e. The molecule has 0 spiro atoms. The molecule has 120 valence electrons. The van der Waals surface area contributed by atoms with Crippen molar-refractivity contribution in [2.24, 2.45) is 17.1 Å². The van der Waals surface area contributed by atoms with E-state index in [4.69, 9.17) is 5.73 Å². The molecule has 5 nitrogen and oxygen atoms in total. The van der Waals surface area contributed by atoms with Crippen molar-refractivity contribution >= 4 is 17.6 Å². The summed E-state index contributed by atoms with van der Waals surface area (Å²) in [5.41, 5.74) is 4.93. The van der Waals surface area contributed by atoms with E-state index in [9.17, 15) is 14.4 Å². The number of imide groups is 1. The fourth-order valence-corrected chi connectivity index (χ4v) is 3.69. The number of likely N-dealkylation sites (tertiary alicyclic amines) is 1. The molecule has 1 heterocycles. The molecule has 1 fully saturated rings. The van der Waals surface area contributed by atoms with Crippen LogP contribution in [0.5, 0.6) is 0 Å². The van der Waals surface area contributed by atoms with Gasteiger partial charge in [-0.25, -0.2) is 0 Å². The van der Waals surface area contributed by atoms with E-state index in [0.717, 1.165) is 0 Å². The maximum atomic E-state index is 12.5. The molecule has 1 aliphatic heterocycles. The van der Waals surface area contributed by atoms with Gasteiger partial charge in [0.25, 0.3) is 0 Å². The first-order valence-electron chi connectivity index (χ1n) is 7.49. The Hall–Kier alpha value is -1.23. The number of nitrogens with two attached hydrogens (primary N) is 1. The van der Waals surface area contributed by atoms with Crippen molar-refractivity contribution in [3.05, 3.63) is 0 Å². The molecule has 1 saturated heterocycles. The zero-order valence-electron chi connectivity index (χ0n) is 14.0. The molecule has 0 saturated carbocycles. The molecule has 2 amide bonds. The lowest BCUT2D eigenvalue weighted by Crippen LogP contribution is -2.51. The Morgan fingerprint density at radius 3 is 2.24 bits per heavy atom. The highest BCUT2D eigenvalue weighted by molar-refractivity contribution is 6.04. The average molecular weight is 296 g/mol.